The van der Waals surface area contributed by atoms with Gasteiger partial charge in [0.05, 0.1) is 11.6 Å². The van der Waals surface area contributed by atoms with Crippen molar-refractivity contribution < 1.29 is 4.79 Å². The van der Waals surface area contributed by atoms with Gasteiger partial charge in [0, 0.05) is 38.4 Å². The van der Waals surface area contributed by atoms with E-state index in [1.165, 1.54) is 0 Å². The first-order chi connectivity index (χ1) is 9.74. The number of carbonyl (C=O) groups is 1. The van der Waals surface area contributed by atoms with E-state index in [0.717, 1.165) is 18.8 Å². The summed E-state index contributed by atoms with van der Waals surface area (Å²) < 4.78 is 0. The molecule has 20 heavy (non-hydrogen) atoms. The number of piperazine rings is 1. The molecule has 5 heteroatoms. The Kier molecular flexibility index (Phi) is 4.61. The van der Waals surface area contributed by atoms with Crippen molar-refractivity contribution in [2.45, 2.75) is 0 Å². The molecule has 104 valence electrons. The first kappa shape index (κ1) is 13.9. The number of hydrogen-bond donors (Lipinski definition) is 1. The van der Waals surface area contributed by atoms with Gasteiger partial charge in [0.25, 0.3) is 0 Å². The monoisotopic (exact) mass is 270 g/mol. The number of carbonyl (C=O) groups excluding carboxylic acids is 1. The van der Waals surface area contributed by atoms with Crippen molar-refractivity contribution in [2.24, 2.45) is 0 Å². The fourth-order valence-electron chi connectivity index (χ4n) is 2.21. The van der Waals surface area contributed by atoms with Gasteiger partial charge in [0.1, 0.15) is 0 Å². The van der Waals surface area contributed by atoms with E-state index in [4.69, 9.17) is 5.26 Å². The van der Waals surface area contributed by atoms with E-state index >= 15 is 0 Å². The summed E-state index contributed by atoms with van der Waals surface area (Å²) >= 11 is 0. The molecule has 1 aliphatic heterocycles. The number of urea groups is 1. The Labute approximate surface area is 119 Å². The molecule has 1 fully saturated rings. The van der Waals surface area contributed by atoms with Crippen molar-refractivity contribution >= 4 is 11.7 Å². The molecule has 1 heterocycles. The number of nitrogens with zero attached hydrogens (tertiary/aromatic N) is 3. The van der Waals surface area contributed by atoms with Crippen molar-refractivity contribution in [1.82, 2.24) is 10.2 Å². The minimum atomic E-state index is -0.0460. The van der Waals surface area contributed by atoms with Gasteiger partial charge in [0.2, 0.25) is 0 Å². The van der Waals surface area contributed by atoms with E-state index in [-0.39, 0.29) is 6.03 Å². The van der Waals surface area contributed by atoms with Crippen molar-refractivity contribution in [1.29, 1.82) is 5.26 Å². The van der Waals surface area contributed by atoms with E-state index < -0.39 is 0 Å². The Bertz CT molecular complexity index is 527. The maximum atomic E-state index is 11.8. The quantitative estimate of drug-likeness (QED) is 0.848. The summed E-state index contributed by atoms with van der Waals surface area (Å²) in [7, 11) is 0. The van der Waals surface area contributed by atoms with Crippen LogP contribution in [0, 0.1) is 11.3 Å². The number of nitrogens with one attached hydrogen (secondary N) is 1. The van der Waals surface area contributed by atoms with Crippen LogP contribution in [0.4, 0.5) is 10.5 Å². The summed E-state index contributed by atoms with van der Waals surface area (Å²) in [5.74, 6) is 0. The zero-order valence-electron chi connectivity index (χ0n) is 11.4. The highest BCUT2D eigenvalue weighted by Gasteiger charge is 2.20. The van der Waals surface area contributed by atoms with Gasteiger partial charge in [-0.25, -0.2) is 4.79 Å². The van der Waals surface area contributed by atoms with E-state index in [1.807, 2.05) is 18.2 Å². The first-order valence-corrected chi connectivity index (χ1v) is 6.63. The summed E-state index contributed by atoms with van der Waals surface area (Å²) in [6.07, 6.45) is 1.67. The molecule has 0 unspecified atom stereocenters. The standard InChI is InChI=1S/C15H18N4O/c1-2-6-17-15(20)19-9-7-18(8-10-19)14-5-3-4-13(11-14)12-16/h2-5,11H,1,6-10H2,(H,17,20). The smallest absolute Gasteiger partial charge is 0.317 e. The molecule has 0 saturated carbocycles. The zero-order chi connectivity index (χ0) is 14.4. The van der Waals surface area contributed by atoms with Crippen LogP contribution in [-0.4, -0.2) is 43.7 Å². The predicted octanol–water partition coefficient (Wildman–Crippen LogP) is 1.58. The summed E-state index contributed by atoms with van der Waals surface area (Å²) in [6.45, 7) is 6.98. The first-order valence-electron chi connectivity index (χ1n) is 6.63. The number of hydrogen-bond acceptors (Lipinski definition) is 3. The van der Waals surface area contributed by atoms with Crippen LogP contribution in [-0.2, 0) is 0 Å². The van der Waals surface area contributed by atoms with Crippen molar-refractivity contribution in [3.05, 3.63) is 42.5 Å². The molecule has 5 nitrogen and oxygen atoms in total. The molecule has 2 rings (SSSR count). The minimum absolute atomic E-state index is 0.0460. The number of amides is 2. The molecule has 0 bridgehead atoms. The molecular formula is C15H18N4O. The summed E-state index contributed by atoms with van der Waals surface area (Å²) in [4.78, 5) is 15.8. The molecule has 1 aliphatic rings. The Balaban J connectivity index is 1.92. The van der Waals surface area contributed by atoms with Crippen LogP contribution < -0.4 is 10.2 Å². The second-order valence-corrected chi connectivity index (χ2v) is 4.61. The highest BCUT2D eigenvalue weighted by Crippen LogP contribution is 2.17. The average molecular weight is 270 g/mol. The normalized spacial score (nSPS) is 14.6. The zero-order valence-corrected chi connectivity index (χ0v) is 11.4. The Morgan fingerprint density at radius 3 is 2.80 bits per heavy atom. The number of anilines is 1. The molecule has 0 spiro atoms. The maximum Gasteiger partial charge on any atom is 0.317 e. The van der Waals surface area contributed by atoms with Crippen LogP contribution in [0.2, 0.25) is 0 Å². The fourth-order valence-corrected chi connectivity index (χ4v) is 2.21. The van der Waals surface area contributed by atoms with Crippen molar-refractivity contribution in [3.63, 3.8) is 0 Å². The van der Waals surface area contributed by atoms with Crippen LogP contribution >= 0.6 is 0 Å². The second kappa shape index (κ2) is 6.62. The molecule has 0 radical (unpaired) electrons. The van der Waals surface area contributed by atoms with E-state index in [9.17, 15) is 4.79 Å². The largest absolute Gasteiger partial charge is 0.368 e. The third-order valence-corrected chi connectivity index (χ3v) is 3.30. The Morgan fingerprint density at radius 1 is 1.40 bits per heavy atom. The SMILES string of the molecule is C=CCNC(=O)N1CCN(c2cccc(C#N)c2)CC1. The molecule has 0 aliphatic carbocycles. The lowest BCUT2D eigenvalue weighted by atomic mass is 10.2. The van der Waals surface area contributed by atoms with E-state index in [1.54, 1.807) is 17.0 Å². The van der Waals surface area contributed by atoms with Crippen LogP contribution in [0.15, 0.2) is 36.9 Å². The van der Waals surface area contributed by atoms with Gasteiger partial charge in [0.15, 0.2) is 0 Å². The summed E-state index contributed by atoms with van der Waals surface area (Å²) in [5.41, 5.74) is 1.70. The van der Waals surface area contributed by atoms with Crippen LogP contribution in [0.25, 0.3) is 0 Å². The maximum absolute atomic E-state index is 11.8. The second-order valence-electron chi connectivity index (χ2n) is 4.61. The minimum Gasteiger partial charge on any atom is -0.368 e. The fraction of sp³-hybridized carbons (Fsp3) is 0.333. The average Bonchev–Trinajstić information content (AvgIpc) is 2.52. The molecule has 1 saturated heterocycles. The van der Waals surface area contributed by atoms with Crippen LogP contribution in [0.3, 0.4) is 0 Å². The number of rotatable bonds is 3. The molecule has 1 N–H and O–H groups in total. The topological polar surface area (TPSA) is 59.4 Å². The highest BCUT2D eigenvalue weighted by molar-refractivity contribution is 5.74. The third kappa shape index (κ3) is 3.29. The third-order valence-electron chi connectivity index (χ3n) is 3.30. The predicted molar refractivity (Wildman–Crippen MR) is 78.5 cm³/mol. The van der Waals surface area contributed by atoms with Gasteiger partial charge in [-0.1, -0.05) is 12.1 Å². The molecular weight excluding hydrogens is 252 g/mol. The summed E-state index contributed by atoms with van der Waals surface area (Å²) in [5, 5.41) is 11.7. The van der Waals surface area contributed by atoms with Crippen LogP contribution in [0.1, 0.15) is 5.56 Å². The number of benzene rings is 1. The van der Waals surface area contributed by atoms with Gasteiger partial charge < -0.3 is 15.1 Å². The van der Waals surface area contributed by atoms with E-state index in [0.29, 0.717) is 25.2 Å². The van der Waals surface area contributed by atoms with Gasteiger partial charge in [-0.15, -0.1) is 6.58 Å². The van der Waals surface area contributed by atoms with Gasteiger partial charge in [-0.2, -0.15) is 5.26 Å². The Hall–Kier alpha value is -2.48. The van der Waals surface area contributed by atoms with Gasteiger partial charge in [-0.3, -0.25) is 0 Å². The lowest BCUT2D eigenvalue weighted by Gasteiger charge is -2.36. The molecule has 0 atom stereocenters. The van der Waals surface area contributed by atoms with E-state index in [2.05, 4.69) is 22.9 Å². The lowest BCUT2D eigenvalue weighted by molar-refractivity contribution is 0.195. The number of nitriles is 1. The highest BCUT2D eigenvalue weighted by atomic mass is 16.2. The lowest BCUT2D eigenvalue weighted by Crippen LogP contribution is -2.51. The Morgan fingerprint density at radius 2 is 2.15 bits per heavy atom. The molecule has 1 aromatic carbocycles. The van der Waals surface area contributed by atoms with Crippen molar-refractivity contribution in [3.8, 4) is 6.07 Å². The molecule has 0 aromatic heterocycles. The van der Waals surface area contributed by atoms with Gasteiger partial charge in [-0.05, 0) is 18.2 Å². The van der Waals surface area contributed by atoms with Gasteiger partial charge >= 0.3 is 6.03 Å². The van der Waals surface area contributed by atoms with Crippen molar-refractivity contribution in [2.75, 3.05) is 37.6 Å². The molecule has 2 amide bonds. The molecule has 1 aromatic rings. The van der Waals surface area contributed by atoms with Crippen LogP contribution in [0.5, 0.6) is 0 Å². The summed E-state index contributed by atoms with van der Waals surface area (Å²) in [6, 6.07) is 9.66.